The molecule has 2 N–H and O–H groups in total. The number of carboxylic acid groups (broad SMARTS) is 1. The van der Waals surface area contributed by atoms with E-state index < -0.39 is 11.5 Å². The van der Waals surface area contributed by atoms with Crippen LogP contribution in [0.15, 0.2) is 0 Å². The highest BCUT2D eigenvalue weighted by atomic mass is 16.5. The summed E-state index contributed by atoms with van der Waals surface area (Å²) in [6, 6.07) is 0.423. The first-order valence-electron chi connectivity index (χ1n) is 7.67. The number of hydrogen-bond donors (Lipinski definition) is 2. The molecule has 1 atom stereocenters. The van der Waals surface area contributed by atoms with Crippen LogP contribution in [0.1, 0.15) is 65.2 Å². The predicted molar refractivity (Wildman–Crippen MR) is 76.4 cm³/mol. The first-order valence-corrected chi connectivity index (χ1v) is 7.67. The Hall–Kier alpha value is -0.610. The average Bonchev–Trinajstić information content (AvgIpc) is 3.16. The lowest BCUT2D eigenvalue weighted by Crippen LogP contribution is -2.50. The van der Waals surface area contributed by atoms with Gasteiger partial charge in [-0.05, 0) is 45.4 Å². The van der Waals surface area contributed by atoms with Gasteiger partial charge in [-0.15, -0.1) is 0 Å². The minimum absolute atomic E-state index is 0.423. The zero-order valence-electron chi connectivity index (χ0n) is 12.4. The summed E-state index contributed by atoms with van der Waals surface area (Å²) in [7, 11) is 0. The molecule has 112 valence electrons. The number of carbonyl (C=O) groups is 1. The van der Waals surface area contributed by atoms with Crippen molar-refractivity contribution in [1.29, 1.82) is 0 Å². The molecule has 4 heteroatoms. The fourth-order valence-corrected chi connectivity index (χ4v) is 2.16. The summed E-state index contributed by atoms with van der Waals surface area (Å²) in [6.45, 7) is 5.57. The van der Waals surface area contributed by atoms with Crippen LogP contribution in [0.5, 0.6) is 0 Å². The van der Waals surface area contributed by atoms with E-state index in [1.165, 1.54) is 12.8 Å². The van der Waals surface area contributed by atoms with Crippen LogP contribution in [0.4, 0.5) is 0 Å². The second-order valence-corrected chi connectivity index (χ2v) is 5.83. The summed E-state index contributed by atoms with van der Waals surface area (Å²) >= 11 is 0. The van der Waals surface area contributed by atoms with Gasteiger partial charge in [-0.25, -0.2) is 0 Å². The van der Waals surface area contributed by atoms with Gasteiger partial charge in [0, 0.05) is 19.3 Å². The van der Waals surface area contributed by atoms with Crippen molar-refractivity contribution >= 4 is 5.97 Å². The van der Waals surface area contributed by atoms with Gasteiger partial charge in [0.15, 0.2) is 0 Å². The molecule has 0 aliphatic heterocycles. The highest BCUT2D eigenvalue weighted by Gasteiger charge is 2.37. The molecule has 1 aliphatic carbocycles. The predicted octanol–water partition coefficient (Wildman–Crippen LogP) is 2.96. The van der Waals surface area contributed by atoms with Crippen LogP contribution in [0.25, 0.3) is 0 Å². The normalized spacial score (nSPS) is 18.2. The molecule has 1 fully saturated rings. The molecule has 1 aliphatic rings. The topological polar surface area (TPSA) is 58.6 Å². The molecule has 0 saturated heterocycles. The van der Waals surface area contributed by atoms with Gasteiger partial charge in [0.25, 0.3) is 0 Å². The Kier molecular flexibility index (Phi) is 7.39. The van der Waals surface area contributed by atoms with Gasteiger partial charge in [-0.2, -0.15) is 0 Å². The van der Waals surface area contributed by atoms with Crippen molar-refractivity contribution in [2.75, 3.05) is 13.2 Å². The molecule has 0 aromatic carbocycles. The Balaban J connectivity index is 2.06. The molecule has 0 amide bonds. The first kappa shape index (κ1) is 16.4. The first-order chi connectivity index (χ1) is 9.08. The highest BCUT2D eigenvalue weighted by molar-refractivity contribution is 5.78. The van der Waals surface area contributed by atoms with Gasteiger partial charge in [-0.3, -0.25) is 10.1 Å². The Bertz CT molecular complexity index is 266. The van der Waals surface area contributed by atoms with Gasteiger partial charge in [-0.1, -0.05) is 19.8 Å². The summed E-state index contributed by atoms with van der Waals surface area (Å²) in [5.74, 6) is -0.733. The van der Waals surface area contributed by atoms with E-state index in [-0.39, 0.29) is 0 Å². The van der Waals surface area contributed by atoms with E-state index in [9.17, 15) is 9.90 Å². The standard InChI is InChI=1S/C15H29NO3/c1-3-4-6-11-19-12-7-5-10-15(2,14(17)18)16-13-8-9-13/h13,16H,3-12H2,1-2H3,(H,17,18). The van der Waals surface area contributed by atoms with E-state index >= 15 is 0 Å². The summed E-state index contributed by atoms with van der Waals surface area (Å²) in [5.41, 5.74) is -0.761. The number of hydrogen-bond acceptors (Lipinski definition) is 3. The Labute approximate surface area is 116 Å². The Morgan fingerprint density at radius 3 is 2.42 bits per heavy atom. The maximum Gasteiger partial charge on any atom is 0.323 e. The van der Waals surface area contributed by atoms with Crippen LogP contribution >= 0.6 is 0 Å². The van der Waals surface area contributed by atoms with Crippen molar-refractivity contribution in [3.8, 4) is 0 Å². The van der Waals surface area contributed by atoms with Crippen molar-refractivity contribution in [3.05, 3.63) is 0 Å². The Morgan fingerprint density at radius 2 is 1.89 bits per heavy atom. The van der Waals surface area contributed by atoms with Crippen LogP contribution in [0, 0.1) is 0 Å². The number of carboxylic acids is 1. The van der Waals surface area contributed by atoms with Crippen molar-refractivity contribution in [2.45, 2.75) is 76.8 Å². The number of rotatable bonds is 12. The van der Waals surface area contributed by atoms with E-state index in [4.69, 9.17) is 4.74 Å². The molecule has 1 unspecified atom stereocenters. The summed E-state index contributed by atoms with van der Waals surface area (Å²) in [5, 5.41) is 12.6. The van der Waals surface area contributed by atoms with Gasteiger partial charge < -0.3 is 9.84 Å². The van der Waals surface area contributed by atoms with Crippen molar-refractivity contribution in [3.63, 3.8) is 0 Å². The monoisotopic (exact) mass is 271 g/mol. The largest absolute Gasteiger partial charge is 0.480 e. The molecule has 1 saturated carbocycles. The molecular weight excluding hydrogens is 242 g/mol. The quantitative estimate of drug-likeness (QED) is 0.536. The van der Waals surface area contributed by atoms with Crippen molar-refractivity contribution in [2.24, 2.45) is 0 Å². The van der Waals surface area contributed by atoms with Gasteiger partial charge in [0.1, 0.15) is 5.54 Å². The third-order valence-corrected chi connectivity index (χ3v) is 3.68. The smallest absolute Gasteiger partial charge is 0.323 e. The molecule has 0 bridgehead atoms. The SMILES string of the molecule is CCCCCOCCCCC(C)(NC1CC1)C(=O)O. The van der Waals surface area contributed by atoms with Gasteiger partial charge >= 0.3 is 5.97 Å². The zero-order chi connectivity index (χ0) is 14.1. The van der Waals surface area contributed by atoms with Crippen LogP contribution in [-0.4, -0.2) is 35.9 Å². The maximum atomic E-state index is 11.3. The molecule has 1 rings (SSSR count). The number of unbranched alkanes of at least 4 members (excludes halogenated alkanes) is 3. The van der Waals surface area contributed by atoms with Gasteiger partial charge in [0.05, 0.1) is 0 Å². The van der Waals surface area contributed by atoms with Gasteiger partial charge in [0.2, 0.25) is 0 Å². The Morgan fingerprint density at radius 1 is 1.26 bits per heavy atom. The minimum Gasteiger partial charge on any atom is -0.480 e. The van der Waals surface area contributed by atoms with E-state index in [0.29, 0.717) is 12.5 Å². The molecule has 0 heterocycles. The molecule has 0 spiro atoms. The summed E-state index contributed by atoms with van der Waals surface area (Å²) < 4.78 is 5.54. The van der Waals surface area contributed by atoms with Crippen molar-refractivity contribution in [1.82, 2.24) is 5.32 Å². The molecule has 0 aromatic rings. The fourth-order valence-electron chi connectivity index (χ4n) is 2.16. The average molecular weight is 271 g/mol. The second-order valence-electron chi connectivity index (χ2n) is 5.83. The third kappa shape index (κ3) is 6.92. The van der Waals surface area contributed by atoms with E-state index in [0.717, 1.165) is 45.3 Å². The summed E-state index contributed by atoms with van der Waals surface area (Å²) in [4.78, 5) is 11.3. The molecular formula is C15H29NO3. The lowest BCUT2D eigenvalue weighted by molar-refractivity contribution is -0.144. The third-order valence-electron chi connectivity index (χ3n) is 3.68. The highest BCUT2D eigenvalue weighted by Crippen LogP contribution is 2.25. The van der Waals surface area contributed by atoms with Crippen LogP contribution in [0.2, 0.25) is 0 Å². The number of aliphatic carboxylic acids is 1. The molecule has 4 nitrogen and oxygen atoms in total. The van der Waals surface area contributed by atoms with Crippen molar-refractivity contribution < 1.29 is 14.6 Å². The summed E-state index contributed by atoms with van der Waals surface area (Å²) in [6.07, 6.45) is 8.32. The minimum atomic E-state index is -0.761. The maximum absolute atomic E-state index is 11.3. The lowest BCUT2D eigenvalue weighted by Gasteiger charge is -2.26. The van der Waals surface area contributed by atoms with Crippen LogP contribution in [-0.2, 0) is 9.53 Å². The fraction of sp³-hybridized carbons (Fsp3) is 0.933. The van der Waals surface area contributed by atoms with E-state index in [1.807, 2.05) is 0 Å². The van der Waals surface area contributed by atoms with E-state index in [2.05, 4.69) is 12.2 Å². The zero-order valence-corrected chi connectivity index (χ0v) is 12.4. The molecule has 0 aromatic heterocycles. The molecule has 0 radical (unpaired) electrons. The number of nitrogens with one attached hydrogen (secondary N) is 1. The lowest BCUT2D eigenvalue weighted by atomic mass is 9.95. The van der Waals surface area contributed by atoms with Crippen LogP contribution in [0.3, 0.4) is 0 Å². The van der Waals surface area contributed by atoms with Crippen LogP contribution < -0.4 is 5.32 Å². The van der Waals surface area contributed by atoms with E-state index in [1.54, 1.807) is 6.92 Å². The number of ether oxygens (including phenoxy) is 1. The second kappa shape index (κ2) is 8.54. The molecule has 19 heavy (non-hydrogen) atoms.